The molecule has 1 N–H and O–H groups in total. The Morgan fingerprint density at radius 3 is 2.45 bits per heavy atom. The van der Waals surface area contributed by atoms with E-state index in [-0.39, 0.29) is 30.5 Å². The van der Waals surface area contributed by atoms with Crippen LogP contribution in [0.15, 0.2) is 54.6 Å². The summed E-state index contributed by atoms with van der Waals surface area (Å²) in [6, 6.07) is 15.4. The highest BCUT2D eigenvalue weighted by molar-refractivity contribution is 7.12. The van der Waals surface area contributed by atoms with E-state index in [1.54, 1.807) is 41.3 Å². The van der Waals surface area contributed by atoms with E-state index in [1.165, 1.54) is 6.07 Å². The van der Waals surface area contributed by atoms with E-state index in [1.807, 2.05) is 17.0 Å². The van der Waals surface area contributed by atoms with E-state index in [4.69, 9.17) is 9.84 Å². The van der Waals surface area contributed by atoms with Crippen molar-refractivity contribution in [1.82, 2.24) is 4.90 Å². The van der Waals surface area contributed by atoms with Crippen LogP contribution < -0.4 is 9.64 Å². The Bertz CT molecular complexity index is 1320. The Kier molecular flexibility index (Phi) is 7.45. The van der Waals surface area contributed by atoms with Gasteiger partial charge in [-0.25, -0.2) is 0 Å². The number of fused-ring (bicyclic) bond motifs is 1. The van der Waals surface area contributed by atoms with Crippen molar-refractivity contribution in [1.29, 1.82) is 0 Å². The molecule has 0 spiro atoms. The number of rotatable bonds is 7. The highest BCUT2D eigenvalue weighted by Crippen LogP contribution is 2.43. The number of hydrogen-bond donors (Lipinski definition) is 1. The molecule has 0 saturated carbocycles. The van der Waals surface area contributed by atoms with Gasteiger partial charge in [0.25, 0.3) is 0 Å². The first-order chi connectivity index (χ1) is 18.2. The van der Waals surface area contributed by atoms with Crippen molar-refractivity contribution >= 4 is 28.9 Å². The minimum Gasteiger partial charge on any atom is -0.488 e. The van der Waals surface area contributed by atoms with E-state index in [0.717, 1.165) is 11.3 Å². The number of alkyl halides is 3. The molecule has 5 rings (SSSR count). The Hall–Kier alpha value is -3.37. The molecule has 3 heterocycles. The molecular formula is C28H27F3N2O4S. The molecule has 0 radical (unpaired) electrons. The zero-order chi connectivity index (χ0) is 26.9. The minimum absolute atomic E-state index is 0.00824. The number of carbonyl (C=O) groups is 2. The third-order valence-electron chi connectivity index (χ3n) is 7.05. The number of benzene rings is 2. The largest absolute Gasteiger partial charge is 0.488 e. The van der Waals surface area contributed by atoms with Crippen LogP contribution in [-0.4, -0.2) is 48.1 Å². The SMILES string of the molecule is O=C(O)C1CCN(CC(=O)N2CCc3cc(OCc4cc(-c5ccccc5)c(C(F)(F)F)s4)ccc32)CC1. The summed E-state index contributed by atoms with van der Waals surface area (Å²) in [4.78, 5) is 27.7. The lowest BCUT2D eigenvalue weighted by Crippen LogP contribution is -2.44. The number of thiophene rings is 1. The van der Waals surface area contributed by atoms with Gasteiger partial charge in [-0.3, -0.25) is 14.5 Å². The molecular weight excluding hydrogens is 517 g/mol. The standard InChI is InChI=1S/C28H27F3N2O4S/c29-28(30,31)26-23(18-4-2-1-3-5-18)15-22(38-26)17-37-21-6-7-24-20(14-21)10-13-33(24)25(34)16-32-11-8-19(9-12-32)27(35)36/h1-7,14-15,19H,8-13,16-17H2,(H,35,36). The number of likely N-dealkylation sites (tertiary alicyclic amines) is 1. The van der Waals surface area contributed by atoms with Gasteiger partial charge in [0.15, 0.2) is 0 Å². The molecule has 0 unspecified atom stereocenters. The fourth-order valence-electron chi connectivity index (χ4n) is 5.05. The number of hydrogen-bond acceptors (Lipinski definition) is 5. The van der Waals surface area contributed by atoms with Gasteiger partial charge in [-0.2, -0.15) is 13.2 Å². The Balaban J connectivity index is 1.22. The van der Waals surface area contributed by atoms with Crippen LogP contribution in [0.5, 0.6) is 5.75 Å². The average molecular weight is 545 g/mol. The van der Waals surface area contributed by atoms with Crippen LogP contribution >= 0.6 is 11.3 Å². The smallest absolute Gasteiger partial charge is 0.426 e. The molecule has 1 aromatic heterocycles. The van der Waals surface area contributed by atoms with Crippen molar-refractivity contribution in [3.63, 3.8) is 0 Å². The predicted octanol–water partition coefficient (Wildman–Crippen LogP) is 5.70. The number of carboxylic acid groups (broad SMARTS) is 1. The van der Waals surface area contributed by atoms with Crippen LogP contribution in [0, 0.1) is 5.92 Å². The topological polar surface area (TPSA) is 70.1 Å². The van der Waals surface area contributed by atoms with Crippen molar-refractivity contribution in [3.8, 4) is 16.9 Å². The summed E-state index contributed by atoms with van der Waals surface area (Å²) in [5, 5.41) is 9.16. The average Bonchev–Trinajstić information content (AvgIpc) is 3.53. The van der Waals surface area contributed by atoms with E-state index in [9.17, 15) is 22.8 Å². The molecule has 3 aromatic rings. The van der Waals surface area contributed by atoms with E-state index >= 15 is 0 Å². The Morgan fingerprint density at radius 2 is 1.76 bits per heavy atom. The number of nitrogens with zero attached hydrogens (tertiary/aromatic N) is 2. The summed E-state index contributed by atoms with van der Waals surface area (Å²) >= 11 is 0.688. The summed E-state index contributed by atoms with van der Waals surface area (Å²) in [7, 11) is 0. The van der Waals surface area contributed by atoms with Gasteiger partial charge in [0.1, 0.15) is 17.2 Å². The quantitative estimate of drug-likeness (QED) is 0.413. The minimum atomic E-state index is -4.45. The third-order valence-corrected chi connectivity index (χ3v) is 8.20. The molecule has 0 atom stereocenters. The predicted molar refractivity (Wildman–Crippen MR) is 138 cm³/mol. The van der Waals surface area contributed by atoms with Gasteiger partial charge in [0.2, 0.25) is 5.91 Å². The molecule has 1 amide bonds. The van der Waals surface area contributed by atoms with E-state index < -0.39 is 17.0 Å². The highest BCUT2D eigenvalue weighted by atomic mass is 32.1. The van der Waals surface area contributed by atoms with Crippen LogP contribution in [0.25, 0.3) is 11.1 Å². The van der Waals surface area contributed by atoms with Crippen molar-refractivity contribution in [2.24, 2.45) is 5.92 Å². The van der Waals surface area contributed by atoms with Crippen molar-refractivity contribution in [3.05, 3.63) is 69.9 Å². The fourth-order valence-corrected chi connectivity index (χ4v) is 6.01. The molecule has 10 heteroatoms. The van der Waals surface area contributed by atoms with Gasteiger partial charge in [-0.1, -0.05) is 30.3 Å². The molecule has 0 bridgehead atoms. The van der Waals surface area contributed by atoms with Crippen LogP contribution in [0.4, 0.5) is 18.9 Å². The first-order valence-electron chi connectivity index (χ1n) is 12.5. The second-order valence-electron chi connectivity index (χ2n) is 9.58. The van der Waals surface area contributed by atoms with Gasteiger partial charge in [-0.05, 0) is 67.7 Å². The lowest BCUT2D eigenvalue weighted by atomic mass is 9.97. The molecule has 2 aromatic carbocycles. The third kappa shape index (κ3) is 5.71. The molecule has 38 heavy (non-hydrogen) atoms. The summed E-state index contributed by atoms with van der Waals surface area (Å²) in [6.07, 6.45) is -2.71. The number of carbonyl (C=O) groups excluding carboxylic acids is 1. The zero-order valence-corrected chi connectivity index (χ0v) is 21.4. The van der Waals surface area contributed by atoms with Crippen molar-refractivity contribution in [2.75, 3.05) is 31.1 Å². The summed E-state index contributed by atoms with van der Waals surface area (Å²) in [6.45, 7) is 1.97. The van der Waals surface area contributed by atoms with Crippen LogP contribution in [0.1, 0.15) is 28.2 Å². The number of carboxylic acids is 1. The number of ether oxygens (including phenoxy) is 1. The first-order valence-corrected chi connectivity index (χ1v) is 13.3. The molecule has 200 valence electrons. The zero-order valence-electron chi connectivity index (χ0n) is 20.5. The molecule has 1 saturated heterocycles. The second kappa shape index (κ2) is 10.8. The van der Waals surface area contributed by atoms with Gasteiger partial charge in [-0.15, -0.1) is 11.3 Å². The maximum atomic E-state index is 13.7. The number of aliphatic carboxylic acids is 1. The number of amides is 1. The molecule has 0 aliphatic carbocycles. The fraction of sp³-hybridized carbons (Fsp3) is 0.357. The molecule has 6 nitrogen and oxygen atoms in total. The normalized spacial score (nSPS) is 16.4. The van der Waals surface area contributed by atoms with E-state index in [0.29, 0.717) is 66.4 Å². The lowest BCUT2D eigenvalue weighted by molar-refractivity contribution is -0.143. The van der Waals surface area contributed by atoms with Crippen LogP contribution in [-0.2, 0) is 28.8 Å². The van der Waals surface area contributed by atoms with Crippen molar-refractivity contribution in [2.45, 2.75) is 32.0 Å². The first kappa shape index (κ1) is 26.2. The summed E-state index contributed by atoms with van der Waals surface area (Å²) < 4.78 is 46.9. The number of anilines is 1. The lowest BCUT2D eigenvalue weighted by Gasteiger charge is -2.30. The van der Waals surface area contributed by atoms with E-state index in [2.05, 4.69) is 0 Å². The monoisotopic (exact) mass is 544 g/mol. The Morgan fingerprint density at radius 1 is 1.03 bits per heavy atom. The maximum absolute atomic E-state index is 13.7. The van der Waals surface area contributed by atoms with Crippen LogP contribution in [0.3, 0.4) is 0 Å². The Labute approximate surface area is 222 Å². The molecule has 2 aliphatic rings. The highest BCUT2D eigenvalue weighted by Gasteiger charge is 2.36. The van der Waals surface area contributed by atoms with Crippen LogP contribution in [0.2, 0.25) is 0 Å². The number of halogens is 3. The van der Waals surface area contributed by atoms with Crippen molar-refractivity contribution < 1.29 is 32.6 Å². The number of piperidine rings is 1. The maximum Gasteiger partial charge on any atom is 0.426 e. The summed E-state index contributed by atoms with van der Waals surface area (Å²) in [5.74, 6) is -0.611. The second-order valence-corrected chi connectivity index (χ2v) is 10.7. The molecule has 1 fully saturated rings. The van der Waals surface area contributed by atoms with Gasteiger partial charge in [0.05, 0.1) is 12.5 Å². The van der Waals surface area contributed by atoms with Gasteiger partial charge < -0.3 is 14.7 Å². The molecule has 2 aliphatic heterocycles. The van der Waals surface area contributed by atoms with Gasteiger partial charge in [0, 0.05) is 22.7 Å². The summed E-state index contributed by atoms with van der Waals surface area (Å²) in [5.41, 5.74) is 2.42. The van der Waals surface area contributed by atoms with Gasteiger partial charge >= 0.3 is 12.1 Å².